The van der Waals surface area contributed by atoms with Crippen molar-refractivity contribution in [3.63, 3.8) is 0 Å². The van der Waals surface area contributed by atoms with E-state index >= 15 is 0 Å². The predicted octanol–water partition coefficient (Wildman–Crippen LogP) is 1.12. The number of rotatable bonds is 3. The summed E-state index contributed by atoms with van der Waals surface area (Å²) in [5.41, 5.74) is 0.669. The average molecular weight is 239 g/mol. The second-order valence-corrected chi connectivity index (χ2v) is 3.69. The standard InChI is InChI=1S/C10H9NO4S/c1-14-8(12)3-7-6(4-11)5-16-9(7)10(13)15-2/h5H,3H2,1-2H3. The molecule has 0 aliphatic rings. The molecular formula is C10H9NO4S. The highest BCUT2D eigenvalue weighted by Gasteiger charge is 2.20. The Morgan fingerprint density at radius 3 is 2.62 bits per heavy atom. The molecule has 0 bridgehead atoms. The first-order valence-electron chi connectivity index (χ1n) is 4.29. The van der Waals surface area contributed by atoms with Crippen LogP contribution in [0.15, 0.2) is 5.38 Å². The van der Waals surface area contributed by atoms with Crippen molar-refractivity contribution in [2.24, 2.45) is 0 Å². The summed E-state index contributed by atoms with van der Waals surface area (Å²) in [6.07, 6.45) is -0.104. The van der Waals surface area contributed by atoms with E-state index in [0.29, 0.717) is 11.1 Å². The van der Waals surface area contributed by atoms with Crippen molar-refractivity contribution >= 4 is 23.3 Å². The van der Waals surface area contributed by atoms with Gasteiger partial charge in [-0.05, 0) is 0 Å². The van der Waals surface area contributed by atoms with Crippen LogP contribution in [0.1, 0.15) is 20.8 Å². The van der Waals surface area contributed by atoms with E-state index in [4.69, 9.17) is 5.26 Å². The minimum atomic E-state index is -0.551. The maximum Gasteiger partial charge on any atom is 0.348 e. The van der Waals surface area contributed by atoms with Gasteiger partial charge in [0.15, 0.2) is 0 Å². The van der Waals surface area contributed by atoms with Crippen molar-refractivity contribution in [1.29, 1.82) is 5.26 Å². The number of esters is 2. The molecule has 0 unspecified atom stereocenters. The van der Waals surface area contributed by atoms with Crippen molar-refractivity contribution in [2.45, 2.75) is 6.42 Å². The molecule has 0 fully saturated rings. The van der Waals surface area contributed by atoms with Gasteiger partial charge in [-0.3, -0.25) is 4.79 Å². The van der Waals surface area contributed by atoms with E-state index in [1.807, 2.05) is 6.07 Å². The number of nitrogens with zero attached hydrogens (tertiary/aromatic N) is 1. The summed E-state index contributed by atoms with van der Waals surface area (Å²) in [6, 6.07) is 1.92. The van der Waals surface area contributed by atoms with E-state index < -0.39 is 11.9 Å². The third-order valence-corrected chi connectivity index (χ3v) is 2.94. The Morgan fingerprint density at radius 2 is 2.12 bits per heavy atom. The molecule has 0 radical (unpaired) electrons. The van der Waals surface area contributed by atoms with E-state index in [1.165, 1.54) is 19.6 Å². The van der Waals surface area contributed by atoms with Gasteiger partial charge >= 0.3 is 11.9 Å². The maximum absolute atomic E-state index is 11.4. The molecule has 0 saturated carbocycles. The van der Waals surface area contributed by atoms with Crippen LogP contribution in [-0.2, 0) is 20.7 Å². The Hall–Kier alpha value is -1.87. The SMILES string of the molecule is COC(=O)Cc1c(C#N)csc1C(=O)OC. The van der Waals surface area contributed by atoms with Gasteiger partial charge in [-0.2, -0.15) is 5.26 Å². The molecule has 5 nitrogen and oxygen atoms in total. The molecule has 0 aromatic carbocycles. The van der Waals surface area contributed by atoms with Crippen LogP contribution in [0.5, 0.6) is 0 Å². The lowest BCUT2D eigenvalue weighted by Gasteiger charge is -2.01. The zero-order valence-electron chi connectivity index (χ0n) is 8.77. The third kappa shape index (κ3) is 2.38. The summed E-state index contributed by atoms with van der Waals surface area (Å²) in [6.45, 7) is 0. The quantitative estimate of drug-likeness (QED) is 0.739. The topological polar surface area (TPSA) is 76.4 Å². The van der Waals surface area contributed by atoms with Gasteiger partial charge in [0.2, 0.25) is 0 Å². The van der Waals surface area contributed by atoms with Gasteiger partial charge in [-0.1, -0.05) is 0 Å². The van der Waals surface area contributed by atoms with Crippen LogP contribution in [0.2, 0.25) is 0 Å². The van der Waals surface area contributed by atoms with E-state index in [0.717, 1.165) is 11.3 Å². The number of hydrogen-bond acceptors (Lipinski definition) is 6. The van der Waals surface area contributed by atoms with Crippen LogP contribution in [0, 0.1) is 11.3 Å². The Morgan fingerprint density at radius 1 is 1.44 bits per heavy atom. The average Bonchev–Trinajstić information content (AvgIpc) is 2.70. The summed E-state index contributed by atoms with van der Waals surface area (Å²) in [4.78, 5) is 22.8. The van der Waals surface area contributed by atoms with E-state index in [1.54, 1.807) is 0 Å². The smallest absolute Gasteiger partial charge is 0.348 e. The first-order valence-corrected chi connectivity index (χ1v) is 5.17. The summed E-state index contributed by atoms with van der Waals surface area (Å²) in [7, 11) is 2.49. The molecule has 0 saturated heterocycles. The highest BCUT2D eigenvalue weighted by atomic mass is 32.1. The number of nitriles is 1. The second kappa shape index (κ2) is 5.28. The molecule has 0 amide bonds. The number of carbonyl (C=O) groups is 2. The molecule has 0 N–H and O–H groups in total. The Kier molecular flexibility index (Phi) is 4.03. The van der Waals surface area contributed by atoms with Crippen molar-refractivity contribution in [1.82, 2.24) is 0 Å². The molecule has 1 aromatic rings. The lowest BCUT2D eigenvalue weighted by molar-refractivity contribution is -0.139. The molecule has 1 heterocycles. The first kappa shape index (κ1) is 12.2. The largest absolute Gasteiger partial charge is 0.469 e. The number of carbonyl (C=O) groups excluding carboxylic acids is 2. The van der Waals surface area contributed by atoms with Crippen LogP contribution in [0.4, 0.5) is 0 Å². The number of ether oxygens (including phenoxy) is 2. The minimum absolute atomic E-state index is 0.104. The Labute approximate surface area is 96.2 Å². The van der Waals surface area contributed by atoms with Crippen LogP contribution in [-0.4, -0.2) is 26.2 Å². The fourth-order valence-electron chi connectivity index (χ4n) is 1.13. The monoisotopic (exact) mass is 239 g/mol. The summed E-state index contributed by atoms with van der Waals surface area (Å²) < 4.78 is 9.06. The predicted molar refractivity (Wildman–Crippen MR) is 56.1 cm³/mol. The van der Waals surface area contributed by atoms with E-state index in [9.17, 15) is 9.59 Å². The van der Waals surface area contributed by atoms with Gasteiger partial charge in [0.1, 0.15) is 10.9 Å². The molecule has 1 rings (SSSR count). The fraction of sp³-hybridized carbons (Fsp3) is 0.300. The number of hydrogen-bond donors (Lipinski definition) is 0. The van der Waals surface area contributed by atoms with Gasteiger partial charge in [0.05, 0.1) is 26.2 Å². The molecule has 0 atom stereocenters. The molecule has 6 heteroatoms. The van der Waals surface area contributed by atoms with Crippen LogP contribution >= 0.6 is 11.3 Å². The van der Waals surface area contributed by atoms with Crippen LogP contribution in [0.3, 0.4) is 0 Å². The lowest BCUT2D eigenvalue weighted by atomic mass is 10.1. The van der Waals surface area contributed by atoms with Gasteiger partial charge < -0.3 is 9.47 Å². The molecular weight excluding hydrogens is 230 g/mol. The summed E-state index contributed by atoms with van der Waals surface area (Å²) >= 11 is 1.08. The van der Waals surface area contributed by atoms with Gasteiger partial charge in [0.25, 0.3) is 0 Å². The Balaban J connectivity index is 3.12. The maximum atomic E-state index is 11.4. The highest BCUT2D eigenvalue weighted by Crippen LogP contribution is 2.23. The number of methoxy groups -OCH3 is 2. The molecule has 1 aromatic heterocycles. The zero-order chi connectivity index (χ0) is 12.1. The Bertz CT molecular complexity index is 458. The fourth-order valence-corrected chi connectivity index (χ4v) is 2.07. The van der Waals surface area contributed by atoms with E-state index in [-0.39, 0.29) is 11.3 Å². The van der Waals surface area contributed by atoms with Gasteiger partial charge in [-0.15, -0.1) is 11.3 Å². The second-order valence-electron chi connectivity index (χ2n) is 2.81. The third-order valence-electron chi connectivity index (χ3n) is 1.93. The van der Waals surface area contributed by atoms with Crippen LogP contribution < -0.4 is 0 Å². The van der Waals surface area contributed by atoms with Crippen molar-refractivity contribution < 1.29 is 19.1 Å². The molecule has 84 valence electrons. The number of thiophene rings is 1. The summed E-state index contributed by atoms with van der Waals surface area (Å²) in [5.74, 6) is -1.05. The van der Waals surface area contributed by atoms with Gasteiger partial charge in [0, 0.05) is 10.9 Å². The molecule has 0 aliphatic heterocycles. The zero-order valence-corrected chi connectivity index (χ0v) is 9.59. The van der Waals surface area contributed by atoms with Gasteiger partial charge in [-0.25, -0.2) is 4.79 Å². The van der Waals surface area contributed by atoms with Crippen molar-refractivity contribution in [3.8, 4) is 6.07 Å². The molecule has 0 spiro atoms. The van der Waals surface area contributed by atoms with Crippen molar-refractivity contribution in [3.05, 3.63) is 21.4 Å². The van der Waals surface area contributed by atoms with E-state index in [2.05, 4.69) is 9.47 Å². The minimum Gasteiger partial charge on any atom is -0.469 e. The molecule has 16 heavy (non-hydrogen) atoms. The highest BCUT2D eigenvalue weighted by molar-refractivity contribution is 7.12. The lowest BCUT2D eigenvalue weighted by Crippen LogP contribution is -2.09. The van der Waals surface area contributed by atoms with Crippen molar-refractivity contribution in [2.75, 3.05) is 14.2 Å². The summed E-state index contributed by atoms with van der Waals surface area (Å²) in [5, 5.41) is 10.3. The molecule has 0 aliphatic carbocycles. The normalized spacial score (nSPS) is 9.31. The van der Waals surface area contributed by atoms with Crippen LogP contribution in [0.25, 0.3) is 0 Å². The first-order chi connectivity index (χ1) is 7.63.